The minimum atomic E-state index is 0.274. The minimum absolute atomic E-state index is 0.274. The molecule has 0 fully saturated rings. The van der Waals surface area contributed by atoms with Gasteiger partial charge in [-0.2, -0.15) is 0 Å². The predicted octanol–water partition coefficient (Wildman–Crippen LogP) is 2.03. The summed E-state index contributed by atoms with van der Waals surface area (Å²) in [5.74, 6) is 0.676. The number of nitrogens with two attached hydrogens (primary N) is 1. The maximum atomic E-state index is 5.65. The highest BCUT2D eigenvalue weighted by molar-refractivity contribution is 7.80. The third-order valence-corrected chi connectivity index (χ3v) is 3.51. The van der Waals surface area contributed by atoms with Gasteiger partial charge in [0.2, 0.25) is 0 Å². The van der Waals surface area contributed by atoms with Gasteiger partial charge in [0.15, 0.2) is 5.82 Å². The van der Waals surface area contributed by atoms with Gasteiger partial charge in [-0.1, -0.05) is 26.1 Å². The molecule has 0 aliphatic heterocycles. The Balaban J connectivity index is 2.46. The zero-order chi connectivity index (χ0) is 15.0. The standard InChI is InChI=1S/C14H25N5S/c1-4-19(5-2)10-6-7-11(3)18-14-12(13(15)20)16-8-9-17-14/h8-9,11H,4-7,10H2,1-3H3,(H2,15,20)(H,17,18). The van der Waals surface area contributed by atoms with E-state index in [2.05, 4.69) is 41.0 Å². The van der Waals surface area contributed by atoms with E-state index in [0.29, 0.717) is 17.6 Å². The van der Waals surface area contributed by atoms with E-state index in [9.17, 15) is 0 Å². The summed E-state index contributed by atoms with van der Waals surface area (Å²) in [6.07, 6.45) is 5.47. The average molecular weight is 295 g/mol. The number of aromatic nitrogens is 2. The zero-order valence-electron chi connectivity index (χ0n) is 12.6. The number of rotatable bonds is 9. The van der Waals surface area contributed by atoms with Crippen molar-refractivity contribution in [3.63, 3.8) is 0 Å². The van der Waals surface area contributed by atoms with Crippen molar-refractivity contribution in [1.29, 1.82) is 0 Å². The van der Waals surface area contributed by atoms with Crippen LogP contribution in [-0.2, 0) is 0 Å². The van der Waals surface area contributed by atoms with E-state index in [1.54, 1.807) is 12.4 Å². The summed E-state index contributed by atoms with van der Waals surface area (Å²) < 4.78 is 0. The fraction of sp³-hybridized carbons (Fsp3) is 0.643. The summed E-state index contributed by atoms with van der Waals surface area (Å²) in [4.78, 5) is 11.1. The first-order valence-electron chi connectivity index (χ1n) is 7.18. The number of anilines is 1. The third-order valence-electron chi connectivity index (χ3n) is 3.32. The van der Waals surface area contributed by atoms with Crippen molar-refractivity contribution in [3.05, 3.63) is 18.1 Å². The number of nitrogens with one attached hydrogen (secondary N) is 1. The quantitative estimate of drug-likeness (QED) is 0.680. The molecule has 1 heterocycles. The van der Waals surface area contributed by atoms with Gasteiger partial charge in [-0.3, -0.25) is 0 Å². The van der Waals surface area contributed by atoms with Crippen LogP contribution < -0.4 is 11.1 Å². The van der Waals surface area contributed by atoms with Gasteiger partial charge in [-0.25, -0.2) is 9.97 Å². The van der Waals surface area contributed by atoms with E-state index < -0.39 is 0 Å². The molecule has 0 saturated carbocycles. The molecule has 1 aromatic rings. The molecule has 0 bridgehead atoms. The highest BCUT2D eigenvalue weighted by atomic mass is 32.1. The van der Waals surface area contributed by atoms with Crippen LogP contribution in [0.1, 0.15) is 39.3 Å². The Morgan fingerprint density at radius 3 is 2.60 bits per heavy atom. The first kappa shape index (κ1) is 16.8. The second-order valence-electron chi connectivity index (χ2n) is 4.83. The molecule has 1 rings (SSSR count). The van der Waals surface area contributed by atoms with Gasteiger partial charge in [0.1, 0.15) is 10.7 Å². The molecule has 0 amide bonds. The largest absolute Gasteiger partial charge is 0.388 e. The Kier molecular flexibility index (Phi) is 7.40. The summed E-state index contributed by atoms with van der Waals surface area (Å²) in [5.41, 5.74) is 6.22. The van der Waals surface area contributed by atoms with Crippen molar-refractivity contribution in [2.45, 2.75) is 39.7 Å². The molecule has 0 aliphatic carbocycles. The molecule has 3 N–H and O–H groups in total. The van der Waals surface area contributed by atoms with Crippen LogP contribution in [-0.4, -0.2) is 45.5 Å². The second kappa shape index (κ2) is 8.81. The zero-order valence-corrected chi connectivity index (χ0v) is 13.4. The summed E-state index contributed by atoms with van der Waals surface area (Å²) in [5, 5.41) is 3.34. The number of thiocarbonyl (C=S) groups is 1. The smallest absolute Gasteiger partial charge is 0.155 e. The van der Waals surface area contributed by atoms with Crippen LogP contribution in [0.3, 0.4) is 0 Å². The summed E-state index contributed by atoms with van der Waals surface area (Å²) in [6, 6.07) is 0.315. The van der Waals surface area contributed by atoms with Crippen LogP contribution in [0.4, 0.5) is 5.82 Å². The van der Waals surface area contributed by atoms with E-state index in [1.165, 1.54) is 0 Å². The maximum absolute atomic E-state index is 5.65. The van der Waals surface area contributed by atoms with E-state index in [0.717, 1.165) is 32.5 Å². The van der Waals surface area contributed by atoms with E-state index >= 15 is 0 Å². The average Bonchev–Trinajstić information content (AvgIpc) is 2.44. The highest BCUT2D eigenvalue weighted by Crippen LogP contribution is 2.12. The molecule has 0 aromatic carbocycles. The monoisotopic (exact) mass is 295 g/mol. The lowest BCUT2D eigenvalue weighted by molar-refractivity contribution is 0.295. The second-order valence-corrected chi connectivity index (χ2v) is 5.27. The molecule has 1 unspecified atom stereocenters. The summed E-state index contributed by atoms with van der Waals surface area (Å²) >= 11 is 4.98. The number of hydrogen-bond donors (Lipinski definition) is 2. The highest BCUT2D eigenvalue weighted by Gasteiger charge is 2.10. The van der Waals surface area contributed by atoms with Crippen LogP contribution in [0, 0.1) is 0 Å². The molecule has 0 saturated heterocycles. The molecule has 0 spiro atoms. The SMILES string of the molecule is CCN(CC)CCCC(C)Nc1nccnc1C(N)=S. The van der Waals surface area contributed by atoms with Crippen molar-refractivity contribution >= 4 is 23.0 Å². The Hall–Kier alpha value is -1.27. The van der Waals surface area contributed by atoms with E-state index in [4.69, 9.17) is 18.0 Å². The molecule has 0 radical (unpaired) electrons. The lowest BCUT2D eigenvalue weighted by atomic mass is 10.1. The molecule has 1 atom stereocenters. The maximum Gasteiger partial charge on any atom is 0.155 e. The van der Waals surface area contributed by atoms with Gasteiger partial charge < -0.3 is 16.0 Å². The van der Waals surface area contributed by atoms with Crippen LogP contribution in [0.25, 0.3) is 0 Å². The molecule has 6 heteroatoms. The van der Waals surface area contributed by atoms with Gasteiger partial charge in [-0.05, 0) is 39.4 Å². The fourth-order valence-corrected chi connectivity index (χ4v) is 2.24. The van der Waals surface area contributed by atoms with Gasteiger partial charge >= 0.3 is 0 Å². The summed E-state index contributed by atoms with van der Waals surface area (Å²) in [7, 11) is 0. The molecular weight excluding hydrogens is 270 g/mol. The van der Waals surface area contributed by atoms with Crippen molar-refractivity contribution in [2.75, 3.05) is 25.0 Å². The molecule has 112 valence electrons. The van der Waals surface area contributed by atoms with E-state index in [1.807, 2.05) is 0 Å². The molecule has 0 aliphatic rings. The lowest BCUT2D eigenvalue weighted by Crippen LogP contribution is -2.26. The molecule has 1 aromatic heterocycles. The van der Waals surface area contributed by atoms with Crippen LogP contribution in [0.15, 0.2) is 12.4 Å². The molecule has 5 nitrogen and oxygen atoms in total. The Morgan fingerprint density at radius 1 is 1.35 bits per heavy atom. The van der Waals surface area contributed by atoms with Crippen LogP contribution >= 0.6 is 12.2 Å². The van der Waals surface area contributed by atoms with Crippen LogP contribution in [0.2, 0.25) is 0 Å². The van der Waals surface area contributed by atoms with Crippen molar-refractivity contribution < 1.29 is 0 Å². The van der Waals surface area contributed by atoms with Crippen molar-refractivity contribution in [3.8, 4) is 0 Å². The number of hydrogen-bond acceptors (Lipinski definition) is 5. The molecular formula is C14H25N5S. The normalized spacial score (nSPS) is 12.4. The van der Waals surface area contributed by atoms with Crippen molar-refractivity contribution in [2.24, 2.45) is 5.73 Å². The Morgan fingerprint density at radius 2 is 2.00 bits per heavy atom. The van der Waals surface area contributed by atoms with Gasteiger partial charge in [-0.15, -0.1) is 0 Å². The van der Waals surface area contributed by atoms with Gasteiger partial charge in [0.25, 0.3) is 0 Å². The lowest BCUT2D eigenvalue weighted by Gasteiger charge is -2.20. The first-order valence-corrected chi connectivity index (χ1v) is 7.59. The minimum Gasteiger partial charge on any atom is -0.388 e. The Labute approximate surface area is 127 Å². The van der Waals surface area contributed by atoms with E-state index in [-0.39, 0.29) is 4.99 Å². The Bertz CT molecular complexity index is 420. The fourth-order valence-electron chi connectivity index (χ4n) is 2.09. The predicted molar refractivity (Wildman–Crippen MR) is 88.0 cm³/mol. The van der Waals surface area contributed by atoms with Gasteiger partial charge in [0, 0.05) is 18.4 Å². The summed E-state index contributed by atoms with van der Waals surface area (Å²) in [6.45, 7) is 9.86. The van der Waals surface area contributed by atoms with Crippen molar-refractivity contribution in [1.82, 2.24) is 14.9 Å². The van der Waals surface area contributed by atoms with Gasteiger partial charge in [0.05, 0.1) is 0 Å². The van der Waals surface area contributed by atoms with Crippen LogP contribution in [0.5, 0.6) is 0 Å². The topological polar surface area (TPSA) is 67.1 Å². The first-order chi connectivity index (χ1) is 9.58. The third kappa shape index (κ3) is 5.38. The molecule has 20 heavy (non-hydrogen) atoms. The number of nitrogens with zero attached hydrogens (tertiary/aromatic N) is 3.